The van der Waals surface area contributed by atoms with E-state index in [4.69, 9.17) is 14.5 Å². The minimum Gasteiger partial charge on any atom is -0.494 e. The number of aromatic nitrogens is 2. The van der Waals surface area contributed by atoms with E-state index in [0.29, 0.717) is 13.2 Å². The van der Waals surface area contributed by atoms with E-state index >= 15 is 0 Å². The van der Waals surface area contributed by atoms with Crippen LogP contribution in [0.1, 0.15) is 24.7 Å². The Morgan fingerprint density at radius 3 is 2.45 bits per heavy atom. The Labute approximate surface area is 194 Å². The van der Waals surface area contributed by atoms with Gasteiger partial charge >= 0.3 is 0 Å². The average Bonchev–Trinajstić information content (AvgIpc) is 3.23. The van der Waals surface area contributed by atoms with Gasteiger partial charge < -0.3 is 14.0 Å². The maximum Gasteiger partial charge on any atom is 0.148 e. The van der Waals surface area contributed by atoms with Gasteiger partial charge in [0.15, 0.2) is 0 Å². The fourth-order valence-corrected chi connectivity index (χ4v) is 4.18. The van der Waals surface area contributed by atoms with Gasteiger partial charge in [0, 0.05) is 11.9 Å². The summed E-state index contributed by atoms with van der Waals surface area (Å²) < 4.78 is 14.5. The number of hydrogen-bond acceptors (Lipinski definition) is 3. The third kappa shape index (κ3) is 4.70. The number of nitrogens with zero attached hydrogens (tertiary/aromatic N) is 2. The summed E-state index contributed by atoms with van der Waals surface area (Å²) in [5.41, 5.74) is 3.44. The number of benzene rings is 4. The molecule has 0 N–H and O–H groups in total. The van der Waals surface area contributed by atoms with Crippen LogP contribution in [0.3, 0.4) is 0 Å². The van der Waals surface area contributed by atoms with Gasteiger partial charge in [-0.05, 0) is 54.1 Å². The molecule has 4 aromatic carbocycles. The third-order valence-electron chi connectivity index (χ3n) is 5.97. The molecule has 0 aliphatic rings. The number of ether oxygens (including phenoxy) is 2. The zero-order chi connectivity index (χ0) is 22.5. The van der Waals surface area contributed by atoms with Crippen LogP contribution in [0, 0.1) is 0 Å². The van der Waals surface area contributed by atoms with E-state index < -0.39 is 0 Å². The summed E-state index contributed by atoms with van der Waals surface area (Å²) in [7, 11) is 0. The largest absolute Gasteiger partial charge is 0.494 e. The zero-order valence-electron chi connectivity index (χ0n) is 18.9. The van der Waals surface area contributed by atoms with Crippen LogP contribution in [-0.4, -0.2) is 16.2 Å². The lowest BCUT2D eigenvalue weighted by molar-refractivity contribution is 0.282. The topological polar surface area (TPSA) is 36.3 Å². The first-order valence-electron chi connectivity index (χ1n) is 11.6. The number of para-hydroxylation sites is 2. The van der Waals surface area contributed by atoms with Crippen LogP contribution in [0.4, 0.5) is 0 Å². The number of rotatable bonds is 9. The van der Waals surface area contributed by atoms with E-state index in [2.05, 4.69) is 72.2 Å². The lowest BCUT2D eigenvalue weighted by Crippen LogP contribution is -2.10. The molecule has 1 aromatic heterocycles. The second-order valence-corrected chi connectivity index (χ2v) is 8.13. The van der Waals surface area contributed by atoms with Crippen LogP contribution < -0.4 is 9.47 Å². The van der Waals surface area contributed by atoms with Crippen molar-refractivity contribution >= 4 is 21.8 Å². The maximum atomic E-state index is 6.26. The summed E-state index contributed by atoms with van der Waals surface area (Å²) in [6, 6.07) is 31.1. The quantitative estimate of drug-likeness (QED) is 0.238. The molecule has 4 heteroatoms. The van der Waals surface area contributed by atoms with Gasteiger partial charge in [-0.1, -0.05) is 67.6 Å². The van der Waals surface area contributed by atoms with Crippen LogP contribution in [0.2, 0.25) is 0 Å². The average molecular weight is 437 g/mol. The molecule has 0 spiro atoms. The normalized spacial score (nSPS) is 11.2. The van der Waals surface area contributed by atoms with Crippen molar-refractivity contribution in [2.75, 3.05) is 6.61 Å². The lowest BCUT2D eigenvalue weighted by atomic mass is 10.1. The van der Waals surface area contributed by atoms with E-state index in [9.17, 15) is 0 Å². The molecule has 0 unspecified atom stereocenters. The van der Waals surface area contributed by atoms with E-state index in [1.807, 2.05) is 30.3 Å². The Morgan fingerprint density at radius 2 is 1.58 bits per heavy atom. The molecule has 0 fully saturated rings. The predicted molar refractivity (Wildman–Crippen MR) is 134 cm³/mol. The highest BCUT2D eigenvalue weighted by Gasteiger charge is 2.12. The molecule has 5 rings (SSSR count). The maximum absolute atomic E-state index is 6.26. The summed E-state index contributed by atoms with van der Waals surface area (Å²) >= 11 is 0. The highest BCUT2D eigenvalue weighted by molar-refractivity contribution is 5.88. The molecule has 0 saturated heterocycles. The number of imidazole rings is 1. The van der Waals surface area contributed by atoms with Gasteiger partial charge in [0.25, 0.3) is 0 Å². The van der Waals surface area contributed by atoms with Crippen LogP contribution >= 0.6 is 0 Å². The molecule has 33 heavy (non-hydrogen) atoms. The fourth-order valence-electron chi connectivity index (χ4n) is 4.18. The summed E-state index contributed by atoms with van der Waals surface area (Å²) in [4.78, 5) is 4.86. The van der Waals surface area contributed by atoms with Gasteiger partial charge in [0.05, 0.1) is 17.6 Å². The summed E-state index contributed by atoms with van der Waals surface area (Å²) in [5.74, 6) is 2.73. The van der Waals surface area contributed by atoms with Gasteiger partial charge in [-0.3, -0.25) is 0 Å². The van der Waals surface area contributed by atoms with Gasteiger partial charge in [0.2, 0.25) is 0 Å². The standard InChI is InChI=1S/C29H28N2O2/c1-2-22-15-17-24(18-16-22)32-20-8-19-31-27-13-6-5-12-26(27)30-29(31)21-33-28-14-7-10-23-9-3-4-11-25(23)28/h3-7,9-18H,2,8,19-21H2,1H3. The lowest BCUT2D eigenvalue weighted by Gasteiger charge is -2.12. The summed E-state index contributed by atoms with van der Waals surface area (Å²) in [6.45, 7) is 4.05. The second kappa shape index (κ2) is 9.78. The van der Waals surface area contributed by atoms with Crippen LogP contribution in [0.25, 0.3) is 21.8 Å². The number of aryl methyl sites for hydroxylation is 2. The minimum absolute atomic E-state index is 0.419. The summed E-state index contributed by atoms with van der Waals surface area (Å²) in [5, 5.41) is 2.29. The molecule has 0 bridgehead atoms. The van der Waals surface area contributed by atoms with E-state index in [1.54, 1.807) is 0 Å². The molecule has 166 valence electrons. The van der Waals surface area contributed by atoms with Gasteiger partial charge in [-0.2, -0.15) is 0 Å². The molecule has 0 radical (unpaired) electrons. The Morgan fingerprint density at radius 1 is 0.788 bits per heavy atom. The SMILES string of the molecule is CCc1ccc(OCCCn2c(COc3cccc4ccccc34)nc3ccccc32)cc1. The van der Waals surface area contributed by atoms with Gasteiger partial charge in [-0.25, -0.2) is 4.98 Å². The number of hydrogen-bond donors (Lipinski definition) is 0. The fraction of sp³-hybridized carbons (Fsp3) is 0.207. The van der Waals surface area contributed by atoms with Crippen molar-refractivity contribution in [1.82, 2.24) is 9.55 Å². The first-order valence-corrected chi connectivity index (χ1v) is 11.6. The highest BCUT2D eigenvalue weighted by Crippen LogP contribution is 2.26. The van der Waals surface area contributed by atoms with Crippen molar-refractivity contribution in [2.24, 2.45) is 0 Å². The summed E-state index contributed by atoms with van der Waals surface area (Å²) in [6.07, 6.45) is 1.93. The predicted octanol–water partition coefficient (Wildman–Crippen LogP) is 6.80. The van der Waals surface area contributed by atoms with Crippen molar-refractivity contribution < 1.29 is 9.47 Å². The van der Waals surface area contributed by atoms with Crippen molar-refractivity contribution in [3.63, 3.8) is 0 Å². The van der Waals surface area contributed by atoms with Crippen molar-refractivity contribution in [1.29, 1.82) is 0 Å². The molecule has 0 amide bonds. The minimum atomic E-state index is 0.419. The molecule has 0 aliphatic heterocycles. The van der Waals surface area contributed by atoms with E-state index in [0.717, 1.165) is 53.1 Å². The van der Waals surface area contributed by atoms with Crippen LogP contribution in [-0.2, 0) is 19.6 Å². The smallest absolute Gasteiger partial charge is 0.148 e. The van der Waals surface area contributed by atoms with Crippen molar-refractivity contribution in [2.45, 2.75) is 32.9 Å². The van der Waals surface area contributed by atoms with Gasteiger partial charge in [-0.15, -0.1) is 0 Å². The molecule has 4 nitrogen and oxygen atoms in total. The molecule has 0 atom stereocenters. The highest BCUT2D eigenvalue weighted by atomic mass is 16.5. The Kier molecular flexibility index (Phi) is 6.25. The molecule has 0 saturated carbocycles. The Hall–Kier alpha value is -3.79. The monoisotopic (exact) mass is 436 g/mol. The zero-order valence-corrected chi connectivity index (χ0v) is 18.9. The first-order chi connectivity index (χ1) is 16.3. The van der Waals surface area contributed by atoms with Crippen molar-refractivity contribution in [3.8, 4) is 11.5 Å². The number of fused-ring (bicyclic) bond motifs is 2. The van der Waals surface area contributed by atoms with Crippen LogP contribution in [0.15, 0.2) is 91.0 Å². The van der Waals surface area contributed by atoms with E-state index in [1.165, 1.54) is 10.9 Å². The molecular formula is C29H28N2O2. The Bertz CT molecular complexity index is 1350. The molecule has 5 aromatic rings. The Balaban J connectivity index is 1.29. The van der Waals surface area contributed by atoms with Gasteiger partial charge in [0.1, 0.15) is 23.9 Å². The first kappa shape index (κ1) is 21.1. The molecule has 1 heterocycles. The van der Waals surface area contributed by atoms with Crippen molar-refractivity contribution in [3.05, 3.63) is 102 Å². The molecule has 0 aliphatic carbocycles. The molecular weight excluding hydrogens is 408 g/mol. The third-order valence-corrected chi connectivity index (χ3v) is 5.97. The van der Waals surface area contributed by atoms with Crippen LogP contribution in [0.5, 0.6) is 11.5 Å². The van der Waals surface area contributed by atoms with E-state index in [-0.39, 0.29) is 0 Å². The second-order valence-electron chi connectivity index (χ2n) is 8.13.